The first-order valence-electron chi connectivity index (χ1n) is 11.2. The first-order valence-corrected chi connectivity index (χ1v) is 11.2. The zero-order valence-electron chi connectivity index (χ0n) is 18.9. The normalized spacial score (nSPS) is 18.3. The smallest absolute Gasteiger partial charge is 0.225 e. The van der Waals surface area contributed by atoms with Crippen LogP contribution in [0.5, 0.6) is 5.88 Å². The Morgan fingerprint density at radius 1 is 1.24 bits per heavy atom. The van der Waals surface area contributed by atoms with Crippen molar-refractivity contribution < 1.29 is 18.3 Å². The fraction of sp³-hybridized carbons (Fsp3) is 0.320. The highest BCUT2D eigenvalue weighted by Crippen LogP contribution is 2.23. The molecular formula is C25H27F2N5O2. The molecule has 0 aliphatic carbocycles. The summed E-state index contributed by atoms with van der Waals surface area (Å²) in [5.74, 6) is -0.554. The number of ether oxygens (including phenoxy) is 1. The molecule has 178 valence electrons. The van der Waals surface area contributed by atoms with Crippen molar-refractivity contribution >= 4 is 28.7 Å². The maximum absolute atomic E-state index is 13.7. The quantitative estimate of drug-likeness (QED) is 0.469. The van der Waals surface area contributed by atoms with Crippen LogP contribution in [0.1, 0.15) is 24.8 Å². The maximum atomic E-state index is 13.7. The number of hydrogen-bond acceptors (Lipinski definition) is 6. The van der Waals surface area contributed by atoms with Crippen LogP contribution in [0.4, 0.5) is 14.5 Å². The van der Waals surface area contributed by atoms with E-state index in [2.05, 4.69) is 25.9 Å². The van der Waals surface area contributed by atoms with Gasteiger partial charge in [-0.3, -0.25) is 9.78 Å². The predicted octanol–water partition coefficient (Wildman–Crippen LogP) is 3.67. The molecule has 1 fully saturated rings. The second kappa shape index (κ2) is 11.1. The van der Waals surface area contributed by atoms with Gasteiger partial charge in [-0.05, 0) is 43.2 Å². The first-order chi connectivity index (χ1) is 16.5. The van der Waals surface area contributed by atoms with Crippen molar-refractivity contribution in [3.05, 3.63) is 65.9 Å². The maximum Gasteiger partial charge on any atom is 0.225 e. The Morgan fingerprint density at radius 3 is 2.91 bits per heavy atom. The summed E-state index contributed by atoms with van der Waals surface area (Å²) in [4.78, 5) is 21.3. The van der Waals surface area contributed by atoms with Crippen molar-refractivity contribution in [2.24, 2.45) is 0 Å². The molecule has 2 atom stereocenters. The molecule has 9 heteroatoms. The number of nitrogens with zero attached hydrogens (tertiary/aromatic N) is 2. The third-order valence-corrected chi connectivity index (χ3v) is 5.77. The molecule has 0 saturated carbocycles. The van der Waals surface area contributed by atoms with E-state index in [0.29, 0.717) is 35.6 Å². The highest BCUT2D eigenvalue weighted by Gasteiger charge is 2.22. The molecule has 0 radical (unpaired) electrons. The van der Waals surface area contributed by atoms with Gasteiger partial charge < -0.3 is 20.7 Å². The fourth-order valence-corrected chi connectivity index (χ4v) is 3.97. The van der Waals surface area contributed by atoms with Crippen LogP contribution in [0, 0.1) is 11.6 Å². The van der Waals surface area contributed by atoms with Crippen molar-refractivity contribution in [3.63, 3.8) is 0 Å². The number of pyridine rings is 2. The van der Waals surface area contributed by atoms with Gasteiger partial charge in [-0.25, -0.2) is 13.8 Å². The predicted molar refractivity (Wildman–Crippen MR) is 128 cm³/mol. The molecular weight excluding hydrogens is 440 g/mol. The number of carbonyl (C=O) groups is 1. The van der Waals surface area contributed by atoms with Crippen molar-refractivity contribution in [1.82, 2.24) is 20.6 Å². The molecule has 2 unspecified atom stereocenters. The Morgan fingerprint density at radius 2 is 2.12 bits per heavy atom. The van der Waals surface area contributed by atoms with E-state index in [4.69, 9.17) is 4.74 Å². The molecule has 7 nitrogen and oxygen atoms in total. The summed E-state index contributed by atoms with van der Waals surface area (Å²) in [6, 6.07) is 8.96. The van der Waals surface area contributed by atoms with E-state index < -0.39 is 11.6 Å². The summed E-state index contributed by atoms with van der Waals surface area (Å²) in [5, 5.41) is 9.73. The molecule has 1 aliphatic heterocycles. The number of hydrogen-bond donors (Lipinski definition) is 3. The Hall–Kier alpha value is -3.43. The molecule has 1 saturated heterocycles. The van der Waals surface area contributed by atoms with Gasteiger partial charge >= 0.3 is 0 Å². The Bertz CT molecular complexity index is 1180. The van der Waals surface area contributed by atoms with E-state index in [0.717, 1.165) is 31.5 Å². The van der Waals surface area contributed by atoms with Crippen LogP contribution in [0.15, 0.2) is 48.7 Å². The summed E-state index contributed by atoms with van der Waals surface area (Å²) in [6.07, 6.45) is 7.08. The highest BCUT2D eigenvalue weighted by molar-refractivity contribution is 5.99. The summed E-state index contributed by atoms with van der Waals surface area (Å²) >= 11 is 0. The van der Waals surface area contributed by atoms with Crippen LogP contribution in [0.3, 0.4) is 0 Å². The standard InChI is InChI=1S/C25H27F2N5O2/c1-34-24-9-8-21-25(32-24)22(10-12-29-21)31-23(33)14-18-5-6-19(15-30-18)28-11-2-3-16-13-17(26)4-7-20(16)27/h2-4,7-10,12-13,18-19,28,30H,5-6,11,14-15H2,1H3,(H,29,31,33)/b3-2+. The summed E-state index contributed by atoms with van der Waals surface area (Å²) in [7, 11) is 1.54. The molecule has 2 aromatic heterocycles. The minimum atomic E-state index is -0.464. The van der Waals surface area contributed by atoms with Gasteiger partial charge in [0.05, 0.1) is 18.3 Å². The lowest BCUT2D eigenvalue weighted by molar-refractivity contribution is -0.116. The van der Waals surface area contributed by atoms with E-state index >= 15 is 0 Å². The number of anilines is 1. The molecule has 3 aromatic rings. The van der Waals surface area contributed by atoms with Gasteiger partial charge in [0.2, 0.25) is 11.8 Å². The average Bonchev–Trinajstić information content (AvgIpc) is 2.84. The molecule has 3 heterocycles. The first kappa shape index (κ1) is 23.7. The van der Waals surface area contributed by atoms with E-state index in [1.54, 1.807) is 43.7 Å². The van der Waals surface area contributed by atoms with Crippen LogP contribution in [0.25, 0.3) is 17.1 Å². The number of methoxy groups -OCH3 is 1. The van der Waals surface area contributed by atoms with Gasteiger partial charge in [0, 0.05) is 49.4 Å². The van der Waals surface area contributed by atoms with Crippen molar-refractivity contribution in [1.29, 1.82) is 0 Å². The summed E-state index contributed by atoms with van der Waals surface area (Å²) in [6.45, 7) is 1.26. The second-order valence-corrected chi connectivity index (χ2v) is 8.19. The lowest BCUT2D eigenvalue weighted by atomic mass is 9.98. The number of amides is 1. The molecule has 1 amide bonds. The fourth-order valence-electron chi connectivity index (χ4n) is 3.97. The van der Waals surface area contributed by atoms with Gasteiger partial charge in [0.25, 0.3) is 0 Å². The van der Waals surface area contributed by atoms with Crippen LogP contribution in [0.2, 0.25) is 0 Å². The number of benzene rings is 1. The average molecular weight is 468 g/mol. The van der Waals surface area contributed by atoms with Crippen molar-refractivity contribution in [2.45, 2.75) is 31.3 Å². The van der Waals surface area contributed by atoms with E-state index in [1.807, 2.05) is 0 Å². The topological polar surface area (TPSA) is 88.2 Å². The van der Waals surface area contributed by atoms with Crippen LogP contribution >= 0.6 is 0 Å². The molecule has 34 heavy (non-hydrogen) atoms. The Balaban J connectivity index is 1.23. The molecule has 3 N–H and O–H groups in total. The zero-order chi connectivity index (χ0) is 23.9. The number of rotatable bonds is 8. The third kappa shape index (κ3) is 6.12. The van der Waals surface area contributed by atoms with E-state index in [1.165, 1.54) is 6.07 Å². The van der Waals surface area contributed by atoms with Gasteiger partial charge in [0.15, 0.2) is 0 Å². The number of nitrogens with one attached hydrogen (secondary N) is 3. The molecule has 1 aliphatic rings. The van der Waals surface area contributed by atoms with Gasteiger partial charge in [-0.2, -0.15) is 0 Å². The van der Waals surface area contributed by atoms with Crippen molar-refractivity contribution in [3.8, 4) is 5.88 Å². The SMILES string of the molecule is COc1ccc2nccc(NC(=O)CC3CCC(NC/C=C/c4cc(F)ccc4F)CN3)c2n1. The van der Waals surface area contributed by atoms with Gasteiger partial charge in [0.1, 0.15) is 17.2 Å². The van der Waals surface area contributed by atoms with Gasteiger partial charge in [-0.1, -0.05) is 12.2 Å². The molecule has 0 spiro atoms. The van der Waals surface area contributed by atoms with Crippen molar-refractivity contribution in [2.75, 3.05) is 25.5 Å². The minimum absolute atomic E-state index is 0.0746. The van der Waals surface area contributed by atoms with Crippen LogP contribution in [-0.4, -0.2) is 48.2 Å². The highest BCUT2D eigenvalue weighted by atomic mass is 19.1. The summed E-state index contributed by atoms with van der Waals surface area (Å²) < 4.78 is 32.1. The number of aromatic nitrogens is 2. The largest absolute Gasteiger partial charge is 0.481 e. The summed E-state index contributed by atoms with van der Waals surface area (Å²) in [5.41, 5.74) is 2.09. The third-order valence-electron chi connectivity index (χ3n) is 5.77. The van der Waals surface area contributed by atoms with Gasteiger partial charge in [-0.15, -0.1) is 0 Å². The molecule has 4 rings (SSSR count). The Labute approximate surface area is 196 Å². The lowest BCUT2D eigenvalue weighted by Crippen LogP contribution is -2.48. The number of carbonyl (C=O) groups excluding carboxylic acids is 1. The minimum Gasteiger partial charge on any atom is -0.481 e. The van der Waals surface area contributed by atoms with E-state index in [9.17, 15) is 13.6 Å². The van der Waals surface area contributed by atoms with E-state index in [-0.39, 0.29) is 23.6 Å². The number of piperidine rings is 1. The van der Waals surface area contributed by atoms with Crippen LogP contribution in [-0.2, 0) is 4.79 Å². The monoisotopic (exact) mass is 467 g/mol. The number of fused-ring (bicyclic) bond motifs is 1. The zero-order valence-corrected chi connectivity index (χ0v) is 18.9. The Kier molecular flexibility index (Phi) is 7.76. The number of halogens is 2. The van der Waals surface area contributed by atoms with Crippen LogP contribution < -0.4 is 20.7 Å². The molecule has 1 aromatic carbocycles. The molecule has 0 bridgehead atoms. The second-order valence-electron chi connectivity index (χ2n) is 8.19. The lowest BCUT2D eigenvalue weighted by Gasteiger charge is -2.30.